The molecule has 1 atom stereocenters. The number of amides is 2. The standard InChI is InChI=1S/C15H19N3O2/c1-17-8-4-5-11(9-17)15(20)18-10-14(19)16-12-6-2-3-7-13(12)18/h2-3,6-7,11H,4-5,8-10H2,1H3,(H,16,19). The van der Waals surface area contributed by atoms with Crippen LogP contribution in [-0.2, 0) is 9.59 Å². The van der Waals surface area contributed by atoms with Crippen LogP contribution in [0.5, 0.6) is 0 Å². The lowest BCUT2D eigenvalue weighted by molar-refractivity contribution is -0.126. The molecule has 0 aliphatic carbocycles. The van der Waals surface area contributed by atoms with Crippen molar-refractivity contribution in [3.8, 4) is 0 Å². The van der Waals surface area contributed by atoms with Gasteiger partial charge in [0.1, 0.15) is 6.54 Å². The molecule has 0 spiro atoms. The lowest BCUT2D eigenvalue weighted by Gasteiger charge is -2.35. The molecule has 3 rings (SSSR count). The van der Waals surface area contributed by atoms with Crippen molar-refractivity contribution in [2.45, 2.75) is 12.8 Å². The molecule has 2 aliphatic rings. The molecule has 2 amide bonds. The Bertz CT molecular complexity index is 544. The Morgan fingerprint density at radius 2 is 2.15 bits per heavy atom. The second kappa shape index (κ2) is 5.25. The number of piperidine rings is 1. The predicted octanol–water partition coefficient (Wildman–Crippen LogP) is 1.31. The van der Waals surface area contributed by atoms with Gasteiger partial charge < -0.3 is 15.1 Å². The largest absolute Gasteiger partial charge is 0.323 e. The highest BCUT2D eigenvalue weighted by Crippen LogP contribution is 2.31. The summed E-state index contributed by atoms with van der Waals surface area (Å²) in [6.45, 7) is 1.94. The number of hydrogen-bond donors (Lipinski definition) is 1. The highest BCUT2D eigenvalue weighted by molar-refractivity contribution is 6.10. The highest BCUT2D eigenvalue weighted by Gasteiger charge is 2.33. The zero-order chi connectivity index (χ0) is 14.1. The van der Waals surface area contributed by atoms with E-state index in [9.17, 15) is 9.59 Å². The molecular weight excluding hydrogens is 254 g/mol. The highest BCUT2D eigenvalue weighted by atomic mass is 16.2. The van der Waals surface area contributed by atoms with E-state index in [0.717, 1.165) is 37.3 Å². The van der Waals surface area contributed by atoms with E-state index < -0.39 is 0 Å². The van der Waals surface area contributed by atoms with Gasteiger partial charge in [0.25, 0.3) is 0 Å². The number of nitrogens with one attached hydrogen (secondary N) is 1. The summed E-state index contributed by atoms with van der Waals surface area (Å²) in [6, 6.07) is 7.48. The van der Waals surface area contributed by atoms with Crippen LogP contribution >= 0.6 is 0 Å². The van der Waals surface area contributed by atoms with Gasteiger partial charge in [-0.3, -0.25) is 9.59 Å². The van der Waals surface area contributed by atoms with Crippen molar-refractivity contribution in [1.29, 1.82) is 0 Å². The number of benzene rings is 1. The maximum atomic E-state index is 12.7. The summed E-state index contributed by atoms with van der Waals surface area (Å²) < 4.78 is 0. The van der Waals surface area contributed by atoms with Crippen molar-refractivity contribution in [1.82, 2.24) is 4.90 Å². The first-order valence-electron chi connectivity index (χ1n) is 7.04. The van der Waals surface area contributed by atoms with E-state index in [4.69, 9.17) is 0 Å². The minimum absolute atomic E-state index is 0.00675. The predicted molar refractivity (Wildman–Crippen MR) is 77.6 cm³/mol. The minimum atomic E-state index is -0.124. The van der Waals surface area contributed by atoms with Gasteiger partial charge in [-0.25, -0.2) is 0 Å². The van der Waals surface area contributed by atoms with Gasteiger partial charge in [0.15, 0.2) is 0 Å². The molecule has 5 heteroatoms. The Morgan fingerprint density at radius 3 is 2.95 bits per heavy atom. The first kappa shape index (κ1) is 13.1. The Labute approximate surface area is 118 Å². The van der Waals surface area contributed by atoms with Gasteiger partial charge >= 0.3 is 0 Å². The second-order valence-corrected chi connectivity index (χ2v) is 5.59. The van der Waals surface area contributed by atoms with E-state index in [1.165, 1.54) is 0 Å². The maximum Gasteiger partial charge on any atom is 0.244 e. The molecule has 1 N–H and O–H groups in total. The number of carbonyl (C=O) groups excluding carboxylic acids is 2. The van der Waals surface area contributed by atoms with Crippen molar-refractivity contribution in [2.24, 2.45) is 5.92 Å². The first-order chi connectivity index (χ1) is 9.65. The molecule has 0 radical (unpaired) electrons. The third-order valence-electron chi connectivity index (χ3n) is 4.01. The second-order valence-electron chi connectivity index (χ2n) is 5.59. The number of anilines is 2. The Morgan fingerprint density at radius 1 is 1.35 bits per heavy atom. The SMILES string of the molecule is CN1CCCC(C(=O)N2CC(=O)Nc3ccccc32)C1. The van der Waals surface area contributed by atoms with E-state index in [-0.39, 0.29) is 24.3 Å². The molecule has 1 unspecified atom stereocenters. The molecule has 2 aliphatic heterocycles. The van der Waals surface area contributed by atoms with Gasteiger partial charge in [0, 0.05) is 6.54 Å². The smallest absolute Gasteiger partial charge is 0.244 e. The van der Waals surface area contributed by atoms with E-state index >= 15 is 0 Å². The third-order valence-corrected chi connectivity index (χ3v) is 4.01. The number of rotatable bonds is 1. The van der Waals surface area contributed by atoms with Crippen LogP contribution in [0.4, 0.5) is 11.4 Å². The fourth-order valence-corrected chi connectivity index (χ4v) is 3.02. The summed E-state index contributed by atoms with van der Waals surface area (Å²) in [5.74, 6) is -0.0622. The zero-order valence-corrected chi connectivity index (χ0v) is 11.6. The van der Waals surface area contributed by atoms with Crippen LogP contribution in [0.1, 0.15) is 12.8 Å². The van der Waals surface area contributed by atoms with Crippen LogP contribution < -0.4 is 10.2 Å². The topological polar surface area (TPSA) is 52.7 Å². The van der Waals surface area contributed by atoms with Gasteiger partial charge in [0.05, 0.1) is 17.3 Å². The van der Waals surface area contributed by atoms with Crippen molar-refractivity contribution in [3.05, 3.63) is 24.3 Å². The number of carbonyl (C=O) groups is 2. The first-order valence-corrected chi connectivity index (χ1v) is 7.04. The molecule has 5 nitrogen and oxygen atoms in total. The van der Waals surface area contributed by atoms with Crippen molar-refractivity contribution < 1.29 is 9.59 Å². The monoisotopic (exact) mass is 273 g/mol. The van der Waals surface area contributed by atoms with E-state index in [2.05, 4.69) is 10.2 Å². The quantitative estimate of drug-likeness (QED) is 0.839. The van der Waals surface area contributed by atoms with Crippen LogP contribution in [0.15, 0.2) is 24.3 Å². The maximum absolute atomic E-state index is 12.7. The molecule has 106 valence electrons. The average molecular weight is 273 g/mol. The van der Waals surface area contributed by atoms with Gasteiger partial charge in [-0.15, -0.1) is 0 Å². The summed E-state index contributed by atoms with van der Waals surface area (Å²) in [5.41, 5.74) is 1.53. The molecule has 1 aromatic rings. The lowest BCUT2D eigenvalue weighted by Crippen LogP contribution is -2.48. The van der Waals surface area contributed by atoms with Gasteiger partial charge in [0.2, 0.25) is 11.8 Å². The molecule has 2 heterocycles. The molecule has 0 saturated carbocycles. The summed E-state index contributed by atoms with van der Waals surface area (Å²) in [7, 11) is 2.04. The summed E-state index contributed by atoms with van der Waals surface area (Å²) in [5, 5.41) is 2.81. The van der Waals surface area contributed by atoms with Gasteiger partial charge in [-0.1, -0.05) is 12.1 Å². The molecule has 20 heavy (non-hydrogen) atoms. The van der Waals surface area contributed by atoms with Crippen LogP contribution in [0.2, 0.25) is 0 Å². The third kappa shape index (κ3) is 2.41. The van der Waals surface area contributed by atoms with Crippen molar-refractivity contribution in [3.63, 3.8) is 0 Å². The molecule has 1 saturated heterocycles. The fourth-order valence-electron chi connectivity index (χ4n) is 3.02. The van der Waals surface area contributed by atoms with Crippen LogP contribution in [0.25, 0.3) is 0 Å². The van der Waals surface area contributed by atoms with E-state index in [0.29, 0.717) is 0 Å². The lowest BCUT2D eigenvalue weighted by atomic mass is 9.96. The minimum Gasteiger partial charge on any atom is -0.323 e. The van der Waals surface area contributed by atoms with Crippen LogP contribution in [-0.4, -0.2) is 43.4 Å². The Hall–Kier alpha value is -1.88. The van der Waals surface area contributed by atoms with Gasteiger partial charge in [-0.05, 0) is 38.6 Å². The van der Waals surface area contributed by atoms with Crippen LogP contribution in [0.3, 0.4) is 0 Å². The summed E-state index contributed by atoms with van der Waals surface area (Å²) in [4.78, 5) is 28.3. The van der Waals surface area contributed by atoms with Crippen LogP contribution in [0, 0.1) is 5.92 Å². The fraction of sp³-hybridized carbons (Fsp3) is 0.467. The number of para-hydroxylation sites is 2. The van der Waals surface area contributed by atoms with E-state index in [1.54, 1.807) is 4.90 Å². The number of hydrogen-bond acceptors (Lipinski definition) is 3. The average Bonchev–Trinajstić information content (AvgIpc) is 2.45. The van der Waals surface area contributed by atoms with Crippen molar-refractivity contribution in [2.75, 3.05) is 36.9 Å². The zero-order valence-electron chi connectivity index (χ0n) is 11.6. The molecular formula is C15H19N3O2. The molecule has 0 bridgehead atoms. The summed E-state index contributed by atoms with van der Waals surface area (Å²) in [6.07, 6.45) is 1.94. The number of nitrogens with zero attached hydrogens (tertiary/aromatic N) is 2. The number of likely N-dealkylation sites (tertiary alicyclic amines) is 1. The normalized spacial score (nSPS) is 23.1. The van der Waals surface area contributed by atoms with Crippen molar-refractivity contribution >= 4 is 23.2 Å². The van der Waals surface area contributed by atoms with Gasteiger partial charge in [-0.2, -0.15) is 0 Å². The molecule has 0 aromatic heterocycles. The van der Waals surface area contributed by atoms with E-state index in [1.807, 2.05) is 31.3 Å². The molecule has 1 fully saturated rings. The summed E-state index contributed by atoms with van der Waals surface area (Å²) >= 11 is 0. The Balaban J connectivity index is 1.86. The molecule has 1 aromatic carbocycles. The Kier molecular flexibility index (Phi) is 3.44. The number of fused-ring (bicyclic) bond motifs is 1.